The van der Waals surface area contributed by atoms with E-state index in [0.717, 1.165) is 12.8 Å². The van der Waals surface area contributed by atoms with E-state index in [1.165, 1.54) is 0 Å². The fraction of sp³-hybridized carbons (Fsp3) is 0.583. The minimum Gasteiger partial charge on any atom is -0.460 e. The Morgan fingerprint density at radius 3 is 2.75 bits per heavy atom. The van der Waals surface area contributed by atoms with Crippen molar-refractivity contribution < 1.29 is 19.1 Å². The first-order chi connectivity index (χ1) is 7.57. The van der Waals surface area contributed by atoms with Crippen LogP contribution in [-0.4, -0.2) is 24.1 Å². The van der Waals surface area contributed by atoms with E-state index in [0.29, 0.717) is 18.4 Å². The molecule has 0 bridgehead atoms. The minimum absolute atomic E-state index is 0.145. The van der Waals surface area contributed by atoms with Gasteiger partial charge < -0.3 is 4.74 Å². The van der Waals surface area contributed by atoms with Gasteiger partial charge in [0.1, 0.15) is 0 Å². The number of Topliss-reactive ketones (excluding diaryl/α,β-unsaturated/α-hetero) is 2. The lowest BCUT2D eigenvalue weighted by atomic mass is 9.92. The van der Waals surface area contributed by atoms with Crippen LogP contribution in [0.1, 0.15) is 32.6 Å². The molecule has 1 atom stereocenters. The number of allylic oxidation sites excluding steroid dienone is 1. The molecule has 4 heteroatoms. The second-order valence-corrected chi connectivity index (χ2v) is 3.85. The molecule has 0 heterocycles. The molecule has 1 fully saturated rings. The van der Waals surface area contributed by atoms with Crippen molar-refractivity contribution in [1.29, 1.82) is 0 Å². The van der Waals surface area contributed by atoms with Crippen LogP contribution in [0.3, 0.4) is 0 Å². The zero-order valence-corrected chi connectivity index (χ0v) is 9.45. The molecule has 0 aromatic heterocycles. The van der Waals surface area contributed by atoms with E-state index in [2.05, 4.69) is 11.3 Å². The molecule has 0 radical (unpaired) electrons. The maximum atomic E-state index is 11.8. The molecular weight excluding hydrogens is 208 g/mol. The zero-order chi connectivity index (χ0) is 12.1. The van der Waals surface area contributed by atoms with E-state index in [1.807, 2.05) is 0 Å². The Bertz CT molecular complexity index is 330. The summed E-state index contributed by atoms with van der Waals surface area (Å²) in [6.45, 7) is 5.41. The van der Waals surface area contributed by atoms with Crippen molar-refractivity contribution in [3.05, 3.63) is 12.2 Å². The third kappa shape index (κ3) is 2.78. The van der Waals surface area contributed by atoms with Crippen molar-refractivity contribution in [2.24, 2.45) is 5.92 Å². The van der Waals surface area contributed by atoms with Crippen molar-refractivity contribution >= 4 is 17.5 Å². The minimum atomic E-state index is -0.907. The number of rotatable bonds is 3. The molecule has 0 N–H and O–H groups in total. The molecule has 0 amide bonds. The van der Waals surface area contributed by atoms with Gasteiger partial charge in [0, 0.05) is 0 Å². The van der Waals surface area contributed by atoms with Crippen LogP contribution in [-0.2, 0) is 19.1 Å². The van der Waals surface area contributed by atoms with Crippen molar-refractivity contribution in [2.75, 3.05) is 6.61 Å². The van der Waals surface area contributed by atoms with Crippen LogP contribution in [0.2, 0.25) is 0 Å². The number of carbonyl (C=O) groups is 3. The molecule has 88 valence electrons. The molecule has 1 saturated carbocycles. The number of esters is 1. The molecule has 0 saturated heterocycles. The number of hydrogen-bond acceptors (Lipinski definition) is 4. The highest BCUT2D eigenvalue weighted by Crippen LogP contribution is 2.24. The molecular formula is C12H16O4. The van der Waals surface area contributed by atoms with Crippen molar-refractivity contribution in [3.8, 4) is 0 Å². The third-order valence-electron chi connectivity index (χ3n) is 2.68. The van der Waals surface area contributed by atoms with E-state index in [1.54, 1.807) is 6.92 Å². The predicted molar refractivity (Wildman–Crippen MR) is 57.7 cm³/mol. The van der Waals surface area contributed by atoms with Crippen LogP contribution in [0.15, 0.2) is 12.2 Å². The fourth-order valence-electron chi connectivity index (χ4n) is 1.78. The van der Waals surface area contributed by atoms with Crippen LogP contribution in [0, 0.1) is 5.92 Å². The Hall–Kier alpha value is -1.45. The first-order valence-electron chi connectivity index (χ1n) is 5.50. The molecule has 0 aliphatic heterocycles. The second kappa shape index (κ2) is 5.58. The molecule has 1 unspecified atom stereocenters. The number of ketones is 2. The molecule has 0 aromatic rings. The summed E-state index contributed by atoms with van der Waals surface area (Å²) in [5, 5.41) is 0. The lowest BCUT2D eigenvalue weighted by molar-refractivity contribution is -0.156. The maximum absolute atomic E-state index is 11.8. The normalized spacial score (nSPS) is 21.4. The Labute approximate surface area is 94.7 Å². The van der Waals surface area contributed by atoms with Crippen molar-refractivity contribution in [2.45, 2.75) is 32.6 Å². The highest BCUT2D eigenvalue weighted by Gasteiger charge is 2.34. The van der Waals surface area contributed by atoms with E-state index < -0.39 is 17.7 Å². The molecule has 16 heavy (non-hydrogen) atoms. The zero-order valence-electron chi connectivity index (χ0n) is 9.45. The molecule has 1 rings (SSSR count). The van der Waals surface area contributed by atoms with Crippen LogP contribution in [0.25, 0.3) is 0 Å². The van der Waals surface area contributed by atoms with Crippen LogP contribution in [0.5, 0.6) is 0 Å². The van der Waals surface area contributed by atoms with Gasteiger partial charge in [-0.15, -0.1) is 0 Å². The number of ether oxygens (including phenoxy) is 1. The molecule has 1 aliphatic carbocycles. The standard InChI is InChI=1S/C12H16O4/c1-3-16-12(15)11(14)9-7-5-4-6-8(2)10(9)13/h9H,2-7H2,1H3. The van der Waals surface area contributed by atoms with Gasteiger partial charge in [-0.25, -0.2) is 4.79 Å². The Morgan fingerprint density at radius 2 is 2.12 bits per heavy atom. The average molecular weight is 224 g/mol. The largest absolute Gasteiger partial charge is 0.460 e. The first-order valence-corrected chi connectivity index (χ1v) is 5.50. The highest BCUT2D eigenvalue weighted by molar-refractivity contribution is 6.39. The summed E-state index contributed by atoms with van der Waals surface area (Å²) in [6.07, 6.45) is 2.65. The van der Waals surface area contributed by atoms with Gasteiger partial charge in [-0.2, -0.15) is 0 Å². The van der Waals surface area contributed by atoms with Gasteiger partial charge in [-0.05, 0) is 31.8 Å². The first kappa shape index (κ1) is 12.6. The SMILES string of the molecule is C=C1CCCCC(C(=O)C(=O)OCC)C1=O. The Balaban J connectivity index is 2.76. The van der Waals surface area contributed by atoms with Crippen molar-refractivity contribution in [3.63, 3.8) is 0 Å². The van der Waals surface area contributed by atoms with Crippen molar-refractivity contribution in [1.82, 2.24) is 0 Å². The number of carbonyl (C=O) groups excluding carboxylic acids is 3. The molecule has 4 nitrogen and oxygen atoms in total. The summed E-state index contributed by atoms with van der Waals surface area (Å²) in [5.74, 6) is -2.80. The summed E-state index contributed by atoms with van der Waals surface area (Å²) < 4.78 is 4.61. The monoisotopic (exact) mass is 224 g/mol. The highest BCUT2D eigenvalue weighted by atomic mass is 16.5. The van der Waals surface area contributed by atoms with Gasteiger partial charge in [0.15, 0.2) is 5.78 Å². The summed E-state index contributed by atoms with van der Waals surface area (Å²) in [4.78, 5) is 34.7. The molecule has 0 spiro atoms. The lowest BCUT2D eigenvalue weighted by Gasteiger charge is -2.10. The lowest BCUT2D eigenvalue weighted by Crippen LogP contribution is -2.31. The van der Waals surface area contributed by atoms with E-state index >= 15 is 0 Å². The van der Waals surface area contributed by atoms with E-state index in [9.17, 15) is 14.4 Å². The van der Waals surface area contributed by atoms with Gasteiger partial charge in [0.05, 0.1) is 12.5 Å². The van der Waals surface area contributed by atoms with Gasteiger partial charge in [-0.1, -0.05) is 13.0 Å². The summed E-state index contributed by atoms with van der Waals surface area (Å²) in [6, 6.07) is 0. The maximum Gasteiger partial charge on any atom is 0.375 e. The van der Waals surface area contributed by atoms with Gasteiger partial charge in [0.25, 0.3) is 5.78 Å². The van der Waals surface area contributed by atoms with Crippen LogP contribution < -0.4 is 0 Å². The summed E-state index contributed by atoms with van der Waals surface area (Å²) in [5.41, 5.74) is 0.445. The Morgan fingerprint density at radius 1 is 1.44 bits per heavy atom. The number of hydrogen-bond donors (Lipinski definition) is 0. The van der Waals surface area contributed by atoms with E-state index in [4.69, 9.17) is 0 Å². The smallest absolute Gasteiger partial charge is 0.375 e. The topological polar surface area (TPSA) is 60.4 Å². The van der Waals surface area contributed by atoms with E-state index in [-0.39, 0.29) is 12.4 Å². The van der Waals surface area contributed by atoms with Crippen LogP contribution in [0.4, 0.5) is 0 Å². The summed E-state index contributed by atoms with van der Waals surface area (Å²) >= 11 is 0. The quantitative estimate of drug-likeness (QED) is 0.239. The molecule has 1 aliphatic rings. The second-order valence-electron chi connectivity index (χ2n) is 3.85. The molecule has 0 aromatic carbocycles. The predicted octanol–water partition coefficient (Wildman–Crippen LogP) is 1.43. The Kier molecular flexibility index (Phi) is 4.40. The third-order valence-corrected chi connectivity index (χ3v) is 2.68. The summed E-state index contributed by atoms with van der Waals surface area (Å²) in [7, 11) is 0. The van der Waals surface area contributed by atoms with Gasteiger partial charge in [-0.3, -0.25) is 9.59 Å². The van der Waals surface area contributed by atoms with Gasteiger partial charge in [0.2, 0.25) is 0 Å². The average Bonchev–Trinajstić information content (AvgIpc) is 2.42. The van der Waals surface area contributed by atoms with Crippen LogP contribution >= 0.6 is 0 Å². The fourth-order valence-corrected chi connectivity index (χ4v) is 1.78. The van der Waals surface area contributed by atoms with Gasteiger partial charge >= 0.3 is 5.97 Å².